The van der Waals surface area contributed by atoms with E-state index in [0.29, 0.717) is 6.04 Å². The highest BCUT2D eigenvalue weighted by atomic mass is 15.2. The molecule has 4 heterocycles. The number of rotatable bonds is 3. The lowest BCUT2D eigenvalue weighted by atomic mass is 10.2. The van der Waals surface area contributed by atoms with Crippen LogP contribution in [0.3, 0.4) is 0 Å². The Kier molecular flexibility index (Phi) is 3.23. The molecule has 0 spiro atoms. The van der Waals surface area contributed by atoms with Crippen LogP contribution in [0.4, 0.5) is 5.82 Å². The largest absolute Gasteiger partial charge is 0.355 e. The summed E-state index contributed by atoms with van der Waals surface area (Å²) in [7, 11) is 2.02. The molecule has 3 aromatic rings. The van der Waals surface area contributed by atoms with Crippen LogP contribution >= 0.6 is 0 Å². The van der Waals surface area contributed by atoms with Gasteiger partial charge in [0.15, 0.2) is 5.65 Å². The van der Waals surface area contributed by atoms with Gasteiger partial charge < -0.3 is 10.2 Å². The van der Waals surface area contributed by atoms with E-state index in [4.69, 9.17) is 4.98 Å². The first-order valence-corrected chi connectivity index (χ1v) is 7.54. The second-order valence-corrected chi connectivity index (χ2v) is 5.57. The summed E-state index contributed by atoms with van der Waals surface area (Å²) in [6.07, 6.45) is 2.90. The lowest BCUT2D eigenvalue weighted by Gasteiger charge is -2.18. The van der Waals surface area contributed by atoms with Crippen molar-refractivity contribution >= 4 is 16.9 Å². The molecule has 114 valence electrons. The van der Waals surface area contributed by atoms with E-state index in [1.54, 1.807) is 6.20 Å². The van der Waals surface area contributed by atoms with Crippen molar-refractivity contribution < 1.29 is 1.43 Å². The van der Waals surface area contributed by atoms with Crippen molar-refractivity contribution in [3.63, 3.8) is 0 Å². The fourth-order valence-electron chi connectivity index (χ4n) is 2.99. The number of likely N-dealkylation sites (N-methyl/N-ethyl adjacent to an activating group) is 1. The number of anilines is 1. The monoisotopic (exact) mass is 296 g/mol. The fourth-order valence-corrected chi connectivity index (χ4v) is 2.99. The molecule has 6 heteroatoms. The van der Waals surface area contributed by atoms with Crippen molar-refractivity contribution in [2.75, 3.05) is 25.0 Å². The normalized spacial score (nSPS) is 18.2. The highest BCUT2D eigenvalue weighted by Gasteiger charge is 2.22. The Bertz CT molecular complexity index is 802. The Hall–Kier alpha value is -2.47. The Balaban J connectivity index is 0.00000156. The van der Waals surface area contributed by atoms with Crippen molar-refractivity contribution in [1.29, 1.82) is 0 Å². The minimum atomic E-state index is 0. The number of hydrogen-bond acceptors (Lipinski definition) is 5. The van der Waals surface area contributed by atoms with Crippen LogP contribution in [0.5, 0.6) is 0 Å². The molecule has 1 aliphatic heterocycles. The quantitative estimate of drug-likeness (QED) is 0.774. The maximum absolute atomic E-state index is 4.82. The third-order valence-electron chi connectivity index (χ3n) is 4.24. The molecule has 1 aliphatic rings. The van der Waals surface area contributed by atoms with Gasteiger partial charge in [-0.25, -0.2) is 9.97 Å². The summed E-state index contributed by atoms with van der Waals surface area (Å²) < 4.78 is 0. The Morgan fingerprint density at radius 1 is 1.32 bits per heavy atom. The highest BCUT2D eigenvalue weighted by Crippen LogP contribution is 2.26. The highest BCUT2D eigenvalue weighted by molar-refractivity contribution is 5.89. The molecule has 1 fully saturated rings. The molecule has 4 rings (SSSR count). The van der Waals surface area contributed by atoms with Gasteiger partial charge in [-0.1, -0.05) is 6.07 Å². The number of pyridine rings is 2. The first kappa shape index (κ1) is 13.2. The van der Waals surface area contributed by atoms with Crippen LogP contribution in [0.15, 0.2) is 36.5 Å². The van der Waals surface area contributed by atoms with E-state index in [0.717, 1.165) is 47.7 Å². The molecule has 22 heavy (non-hydrogen) atoms. The standard InChI is InChI=1S/C16H18N6.H2/c1-17-11-7-9-22(10-11)14-6-2-5-13(19-14)15-12-4-3-8-18-16(12)21-20-15;/h2-6,8,11,17H,7,9-10H2,1H3,(H,18,20,21);1H. The molecule has 1 atom stereocenters. The van der Waals surface area contributed by atoms with E-state index in [-0.39, 0.29) is 1.43 Å². The van der Waals surface area contributed by atoms with E-state index < -0.39 is 0 Å². The van der Waals surface area contributed by atoms with Gasteiger partial charge in [0.25, 0.3) is 0 Å². The van der Waals surface area contributed by atoms with Gasteiger partial charge in [-0.15, -0.1) is 0 Å². The molecule has 0 amide bonds. The number of fused-ring (bicyclic) bond motifs is 1. The Morgan fingerprint density at radius 2 is 2.27 bits per heavy atom. The Morgan fingerprint density at radius 3 is 3.14 bits per heavy atom. The van der Waals surface area contributed by atoms with Gasteiger partial charge in [0, 0.05) is 32.1 Å². The van der Waals surface area contributed by atoms with Gasteiger partial charge in [0.2, 0.25) is 0 Å². The molecule has 3 aromatic heterocycles. The summed E-state index contributed by atoms with van der Waals surface area (Å²) in [6.45, 7) is 2.03. The summed E-state index contributed by atoms with van der Waals surface area (Å²) in [5.41, 5.74) is 2.55. The zero-order valence-corrected chi connectivity index (χ0v) is 12.5. The zero-order valence-electron chi connectivity index (χ0n) is 12.5. The predicted octanol–water partition coefficient (Wildman–Crippen LogP) is 2.06. The molecule has 1 unspecified atom stereocenters. The number of nitrogens with zero attached hydrogens (tertiary/aromatic N) is 4. The molecular formula is C16H20N6. The van der Waals surface area contributed by atoms with Gasteiger partial charge in [-0.2, -0.15) is 5.10 Å². The first-order valence-electron chi connectivity index (χ1n) is 7.54. The molecule has 0 radical (unpaired) electrons. The van der Waals surface area contributed by atoms with Crippen molar-refractivity contribution in [3.8, 4) is 11.4 Å². The van der Waals surface area contributed by atoms with Gasteiger partial charge in [0.1, 0.15) is 5.82 Å². The smallest absolute Gasteiger partial charge is 0.181 e. The van der Waals surface area contributed by atoms with E-state index >= 15 is 0 Å². The summed E-state index contributed by atoms with van der Waals surface area (Å²) >= 11 is 0. The molecule has 1 saturated heterocycles. The van der Waals surface area contributed by atoms with E-state index in [1.807, 2.05) is 31.3 Å². The van der Waals surface area contributed by atoms with Crippen molar-refractivity contribution in [2.45, 2.75) is 12.5 Å². The van der Waals surface area contributed by atoms with Crippen LogP contribution in [-0.2, 0) is 0 Å². The van der Waals surface area contributed by atoms with E-state index in [1.165, 1.54) is 0 Å². The van der Waals surface area contributed by atoms with Crippen LogP contribution < -0.4 is 10.2 Å². The molecule has 0 aliphatic carbocycles. The van der Waals surface area contributed by atoms with Crippen LogP contribution in [-0.4, -0.2) is 46.3 Å². The number of nitrogens with one attached hydrogen (secondary N) is 2. The maximum atomic E-state index is 4.82. The van der Waals surface area contributed by atoms with Crippen molar-refractivity contribution in [3.05, 3.63) is 36.5 Å². The van der Waals surface area contributed by atoms with Crippen LogP contribution in [0.2, 0.25) is 0 Å². The van der Waals surface area contributed by atoms with Gasteiger partial charge >= 0.3 is 0 Å². The summed E-state index contributed by atoms with van der Waals surface area (Å²) in [5, 5.41) is 11.6. The van der Waals surface area contributed by atoms with Crippen LogP contribution in [0, 0.1) is 0 Å². The number of aromatic nitrogens is 4. The minimum absolute atomic E-state index is 0. The fraction of sp³-hybridized carbons (Fsp3) is 0.312. The summed E-state index contributed by atoms with van der Waals surface area (Å²) in [4.78, 5) is 11.4. The second-order valence-electron chi connectivity index (χ2n) is 5.57. The first-order chi connectivity index (χ1) is 10.8. The third-order valence-corrected chi connectivity index (χ3v) is 4.24. The molecule has 6 nitrogen and oxygen atoms in total. The van der Waals surface area contributed by atoms with Crippen molar-refractivity contribution in [2.24, 2.45) is 0 Å². The number of aromatic amines is 1. The second kappa shape index (κ2) is 5.38. The summed E-state index contributed by atoms with van der Waals surface area (Å²) in [6, 6.07) is 10.6. The molecule has 0 bridgehead atoms. The number of hydrogen-bond donors (Lipinski definition) is 2. The molecular weight excluding hydrogens is 276 g/mol. The van der Waals surface area contributed by atoms with Gasteiger partial charge in [-0.05, 0) is 37.7 Å². The minimum Gasteiger partial charge on any atom is -0.355 e. The lowest BCUT2D eigenvalue weighted by molar-refractivity contribution is 0.616. The average Bonchev–Trinajstić information content (AvgIpc) is 3.22. The molecule has 0 aromatic carbocycles. The molecule has 2 N–H and O–H groups in total. The average molecular weight is 296 g/mol. The van der Waals surface area contributed by atoms with Crippen molar-refractivity contribution in [1.82, 2.24) is 25.5 Å². The van der Waals surface area contributed by atoms with Crippen LogP contribution in [0.25, 0.3) is 22.4 Å². The third kappa shape index (κ3) is 2.21. The van der Waals surface area contributed by atoms with Crippen LogP contribution in [0.1, 0.15) is 7.85 Å². The summed E-state index contributed by atoms with van der Waals surface area (Å²) in [5.74, 6) is 1.02. The zero-order chi connectivity index (χ0) is 14.9. The SMILES string of the molecule is CNC1CCN(c2cccc(-c3[nH]nc4ncccc34)n2)C1.[HH]. The maximum Gasteiger partial charge on any atom is 0.181 e. The van der Waals surface area contributed by atoms with Gasteiger partial charge in [-0.3, -0.25) is 5.10 Å². The van der Waals surface area contributed by atoms with E-state index in [9.17, 15) is 0 Å². The Labute approximate surface area is 130 Å². The molecule has 0 saturated carbocycles. The van der Waals surface area contributed by atoms with E-state index in [2.05, 4.69) is 31.5 Å². The predicted molar refractivity (Wildman–Crippen MR) is 88.9 cm³/mol. The lowest BCUT2D eigenvalue weighted by Crippen LogP contribution is -2.29. The topological polar surface area (TPSA) is 69.7 Å². The number of H-pyrrole nitrogens is 1. The van der Waals surface area contributed by atoms with Gasteiger partial charge in [0.05, 0.1) is 11.4 Å².